The van der Waals surface area contributed by atoms with Gasteiger partial charge in [-0.25, -0.2) is 0 Å². The molecular weight excluding hydrogens is 358 g/mol. The first-order chi connectivity index (χ1) is 13.2. The molecule has 6 nitrogen and oxygen atoms in total. The van der Waals surface area contributed by atoms with Crippen LogP contribution in [0.2, 0.25) is 0 Å². The van der Waals surface area contributed by atoms with Gasteiger partial charge in [0, 0.05) is 23.4 Å². The Morgan fingerprint density at radius 3 is 2.50 bits per heavy atom. The average molecular weight is 394 g/mol. The van der Waals surface area contributed by atoms with E-state index in [0.29, 0.717) is 18.4 Å². The zero-order chi connectivity index (χ0) is 19.9. The summed E-state index contributed by atoms with van der Waals surface area (Å²) in [7, 11) is 0. The average Bonchev–Trinajstić information content (AvgIpc) is 3.10. The van der Waals surface area contributed by atoms with E-state index >= 15 is 0 Å². The molecule has 7 rings (SSSR count). The normalized spacial score (nSPS) is 67.0. The van der Waals surface area contributed by atoms with E-state index < -0.39 is 23.9 Å². The predicted molar refractivity (Wildman–Crippen MR) is 101 cm³/mol. The van der Waals surface area contributed by atoms with Gasteiger partial charge in [0.15, 0.2) is 0 Å². The number of aliphatic hydroxyl groups is 5. The van der Waals surface area contributed by atoms with Gasteiger partial charge in [-0.05, 0) is 67.7 Å². The number of hydrogen-bond donors (Lipinski definition) is 5. The first-order valence-corrected chi connectivity index (χ1v) is 11.3. The van der Waals surface area contributed by atoms with Gasteiger partial charge in [0.25, 0.3) is 0 Å². The SMILES string of the molecule is CCN1CC2(C)C(O)C(O)CC34C1C(CC23)C12CCC(CC41)C(O)(CO)C2O. The molecule has 6 heteroatoms. The highest BCUT2D eigenvalue weighted by atomic mass is 16.4. The van der Waals surface area contributed by atoms with Crippen LogP contribution in [0.5, 0.6) is 0 Å². The van der Waals surface area contributed by atoms with Crippen molar-refractivity contribution in [1.82, 2.24) is 4.90 Å². The van der Waals surface area contributed by atoms with Crippen LogP contribution in [0.1, 0.15) is 46.0 Å². The standard InChI is InChI=1S/C22H35NO5/c1-3-23-9-19(2)14-7-12-16(23)21(14,8-13(25)17(19)26)15-6-11-4-5-20(12,15)18(27)22(11,28)10-24/h11-18,24-28H,3-10H2,1-2H3. The van der Waals surface area contributed by atoms with Gasteiger partial charge >= 0.3 is 0 Å². The number of aliphatic hydroxyl groups excluding tert-OH is 4. The Kier molecular flexibility index (Phi) is 3.40. The molecule has 0 radical (unpaired) electrons. The molecule has 1 heterocycles. The van der Waals surface area contributed by atoms with Crippen molar-refractivity contribution in [2.24, 2.45) is 39.9 Å². The van der Waals surface area contributed by atoms with E-state index in [2.05, 4.69) is 18.7 Å². The molecule has 12 atom stereocenters. The highest BCUT2D eigenvalue weighted by molar-refractivity contribution is 5.35. The zero-order valence-corrected chi connectivity index (χ0v) is 17.0. The van der Waals surface area contributed by atoms with Crippen molar-refractivity contribution >= 4 is 0 Å². The Hall–Kier alpha value is -0.240. The van der Waals surface area contributed by atoms with Gasteiger partial charge in [0.2, 0.25) is 0 Å². The summed E-state index contributed by atoms with van der Waals surface area (Å²) in [6, 6.07) is 0.303. The third-order valence-corrected chi connectivity index (χ3v) is 11.2. The van der Waals surface area contributed by atoms with E-state index in [4.69, 9.17) is 0 Å². The summed E-state index contributed by atoms with van der Waals surface area (Å²) in [5, 5.41) is 54.7. The van der Waals surface area contributed by atoms with Gasteiger partial charge in [0.1, 0.15) is 5.60 Å². The molecule has 0 amide bonds. The number of rotatable bonds is 2. The molecule has 1 saturated heterocycles. The highest BCUT2D eigenvalue weighted by Crippen LogP contribution is 2.83. The minimum Gasteiger partial charge on any atom is -0.393 e. The maximum atomic E-state index is 11.5. The van der Waals surface area contributed by atoms with Crippen LogP contribution in [0, 0.1) is 39.9 Å². The van der Waals surface area contributed by atoms with Crippen LogP contribution < -0.4 is 0 Å². The smallest absolute Gasteiger partial charge is 0.117 e. The topological polar surface area (TPSA) is 104 Å². The summed E-state index contributed by atoms with van der Waals surface area (Å²) >= 11 is 0. The summed E-state index contributed by atoms with van der Waals surface area (Å²) in [5.74, 6) is 0.793. The van der Waals surface area contributed by atoms with Gasteiger partial charge in [-0.3, -0.25) is 4.90 Å². The summed E-state index contributed by atoms with van der Waals surface area (Å²) < 4.78 is 0. The van der Waals surface area contributed by atoms with E-state index in [1.807, 2.05) is 0 Å². The van der Waals surface area contributed by atoms with Gasteiger partial charge in [-0.2, -0.15) is 0 Å². The fourth-order valence-corrected chi connectivity index (χ4v) is 10.5. The van der Waals surface area contributed by atoms with E-state index in [1.54, 1.807) is 0 Å². The van der Waals surface area contributed by atoms with Crippen molar-refractivity contribution in [3.05, 3.63) is 0 Å². The number of likely N-dealkylation sites (tertiary alicyclic amines) is 1. The molecule has 28 heavy (non-hydrogen) atoms. The van der Waals surface area contributed by atoms with Gasteiger partial charge in [-0.1, -0.05) is 13.8 Å². The Balaban J connectivity index is 1.56. The van der Waals surface area contributed by atoms with Gasteiger partial charge in [-0.15, -0.1) is 0 Å². The van der Waals surface area contributed by atoms with Crippen LogP contribution in [0.15, 0.2) is 0 Å². The molecule has 2 spiro atoms. The molecule has 6 saturated carbocycles. The van der Waals surface area contributed by atoms with Crippen LogP contribution >= 0.6 is 0 Å². The third kappa shape index (κ3) is 1.56. The molecule has 6 aliphatic carbocycles. The predicted octanol–water partition coefficient (Wildman–Crippen LogP) is -0.0410. The molecule has 7 aliphatic rings. The lowest BCUT2D eigenvalue weighted by molar-refractivity contribution is -0.299. The Morgan fingerprint density at radius 1 is 1.07 bits per heavy atom. The van der Waals surface area contributed by atoms with E-state index in [0.717, 1.165) is 38.8 Å². The minimum atomic E-state index is -1.39. The number of nitrogens with zero attached hydrogens (tertiary/aromatic N) is 1. The third-order valence-electron chi connectivity index (χ3n) is 11.2. The van der Waals surface area contributed by atoms with Crippen molar-refractivity contribution in [2.45, 2.75) is 75.9 Å². The van der Waals surface area contributed by atoms with Crippen molar-refractivity contribution in [1.29, 1.82) is 0 Å². The molecule has 7 bridgehead atoms. The fourth-order valence-electron chi connectivity index (χ4n) is 10.5. The van der Waals surface area contributed by atoms with Crippen LogP contribution in [0.4, 0.5) is 0 Å². The molecule has 158 valence electrons. The second-order valence-electron chi connectivity index (χ2n) is 11.4. The van der Waals surface area contributed by atoms with Gasteiger partial charge in [0.05, 0.1) is 24.9 Å². The maximum Gasteiger partial charge on any atom is 0.117 e. The second kappa shape index (κ2) is 5.14. The van der Waals surface area contributed by atoms with E-state index in [-0.39, 0.29) is 40.6 Å². The van der Waals surface area contributed by atoms with E-state index in [9.17, 15) is 25.5 Å². The molecule has 0 aromatic heterocycles. The van der Waals surface area contributed by atoms with Crippen LogP contribution in [0.3, 0.4) is 0 Å². The molecule has 1 aliphatic heterocycles. The van der Waals surface area contributed by atoms with Gasteiger partial charge < -0.3 is 25.5 Å². The summed E-state index contributed by atoms with van der Waals surface area (Å²) in [6.45, 7) is 5.66. The number of fused-ring (bicyclic) bond motifs is 2. The highest BCUT2D eigenvalue weighted by Gasteiger charge is 2.85. The molecule has 12 unspecified atom stereocenters. The maximum absolute atomic E-state index is 11.5. The molecule has 0 aromatic rings. The summed E-state index contributed by atoms with van der Waals surface area (Å²) in [6.07, 6.45) is 1.85. The van der Waals surface area contributed by atoms with Crippen LogP contribution in [-0.2, 0) is 0 Å². The Bertz CT molecular complexity index is 719. The Morgan fingerprint density at radius 2 is 1.82 bits per heavy atom. The van der Waals surface area contributed by atoms with Crippen molar-refractivity contribution in [3.63, 3.8) is 0 Å². The quantitative estimate of drug-likeness (QED) is 0.451. The molecule has 7 fully saturated rings. The lowest BCUT2D eigenvalue weighted by atomic mass is 9.38. The summed E-state index contributed by atoms with van der Waals surface area (Å²) in [4.78, 5) is 2.52. The largest absolute Gasteiger partial charge is 0.393 e. The summed E-state index contributed by atoms with van der Waals surface area (Å²) in [5.41, 5.74) is -2.18. The first-order valence-electron chi connectivity index (χ1n) is 11.3. The Labute approximate surface area is 166 Å². The monoisotopic (exact) mass is 393 g/mol. The molecule has 5 N–H and O–H groups in total. The zero-order valence-electron chi connectivity index (χ0n) is 17.0. The first kappa shape index (κ1) is 18.5. The van der Waals surface area contributed by atoms with E-state index in [1.165, 1.54) is 0 Å². The lowest BCUT2D eigenvalue weighted by Gasteiger charge is -2.70. The lowest BCUT2D eigenvalue weighted by Crippen LogP contribution is -2.74. The van der Waals surface area contributed by atoms with Crippen molar-refractivity contribution < 1.29 is 25.5 Å². The second-order valence-corrected chi connectivity index (χ2v) is 11.4. The van der Waals surface area contributed by atoms with Crippen LogP contribution in [-0.4, -0.2) is 80.1 Å². The number of piperidine rings is 1. The fraction of sp³-hybridized carbons (Fsp3) is 1.00. The number of hydrogen-bond acceptors (Lipinski definition) is 6. The van der Waals surface area contributed by atoms with Crippen LogP contribution in [0.25, 0.3) is 0 Å². The molecule has 0 aromatic carbocycles. The van der Waals surface area contributed by atoms with Crippen molar-refractivity contribution in [2.75, 3.05) is 19.7 Å². The van der Waals surface area contributed by atoms with Crippen molar-refractivity contribution in [3.8, 4) is 0 Å². The minimum absolute atomic E-state index is 0.0841. The molecular formula is C22H35NO5.